The smallest absolute Gasteiger partial charge is 0.261 e. The molecule has 1 rings (SSSR count). The number of nitrogens with zero attached hydrogens (tertiary/aromatic N) is 2. The van der Waals surface area contributed by atoms with Crippen molar-refractivity contribution in [1.29, 1.82) is 5.26 Å². The zero-order chi connectivity index (χ0) is 14.3. The summed E-state index contributed by atoms with van der Waals surface area (Å²) >= 11 is 1.52. The minimum Gasteiger partial charge on any atom is -0.375 e. The van der Waals surface area contributed by atoms with E-state index in [4.69, 9.17) is 5.26 Å². The number of amides is 1. The zero-order valence-electron chi connectivity index (χ0n) is 10.9. The number of hydrogen-bond acceptors (Lipinski definition) is 4. The second-order valence-electron chi connectivity index (χ2n) is 4.41. The first-order valence-electron chi connectivity index (χ1n) is 6.13. The van der Waals surface area contributed by atoms with Crippen LogP contribution in [0.15, 0.2) is 0 Å². The Kier molecular flexibility index (Phi) is 6.52. The standard InChI is InChI=1S/C12H18F2N2O2S/c1-19-12(9-15)3-5-16(6-4-12)11(17)2-7-18-8-10(13)14/h10H,2-8H2,1H3. The molecule has 0 radical (unpaired) electrons. The van der Waals surface area contributed by atoms with Gasteiger partial charge in [-0.15, -0.1) is 11.8 Å². The summed E-state index contributed by atoms with van der Waals surface area (Å²) in [4.78, 5) is 13.5. The minimum absolute atomic E-state index is 0.0194. The van der Waals surface area contributed by atoms with E-state index in [1.807, 2.05) is 6.26 Å². The van der Waals surface area contributed by atoms with Crippen LogP contribution in [0.5, 0.6) is 0 Å². The third-order valence-electron chi connectivity index (χ3n) is 3.22. The summed E-state index contributed by atoms with van der Waals surface area (Å²) in [7, 11) is 0. The predicted molar refractivity (Wildman–Crippen MR) is 69.1 cm³/mol. The summed E-state index contributed by atoms with van der Waals surface area (Å²) in [6.07, 6.45) is 0.815. The summed E-state index contributed by atoms with van der Waals surface area (Å²) in [6, 6.07) is 2.31. The number of rotatable bonds is 6. The lowest BCUT2D eigenvalue weighted by molar-refractivity contribution is -0.133. The van der Waals surface area contributed by atoms with Crippen LogP contribution in [0.2, 0.25) is 0 Å². The number of thioether (sulfide) groups is 1. The quantitative estimate of drug-likeness (QED) is 0.702. The van der Waals surface area contributed by atoms with Crippen molar-refractivity contribution in [2.45, 2.75) is 30.4 Å². The van der Waals surface area contributed by atoms with Crippen molar-refractivity contribution in [3.8, 4) is 6.07 Å². The van der Waals surface area contributed by atoms with Crippen LogP contribution in [0, 0.1) is 11.3 Å². The van der Waals surface area contributed by atoms with Crippen molar-refractivity contribution in [1.82, 2.24) is 4.90 Å². The highest BCUT2D eigenvalue weighted by molar-refractivity contribution is 8.00. The Bertz CT molecular complexity index is 339. The maximum Gasteiger partial charge on any atom is 0.261 e. The average Bonchev–Trinajstić information content (AvgIpc) is 2.43. The summed E-state index contributed by atoms with van der Waals surface area (Å²) in [5, 5.41) is 9.13. The monoisotopic (exact) mass is 292 g/mol. The van der Waals surface area contributed by atoms with Crippen LogP contribution in [-0.4, -0.2) is 54.5 Å². The SMILES string of the molecule is CSC1(C#N)CCN(C(=O)CCOCC(F)F)CC1. The number of piperidine rings is 1. The Morgan fingerprint density at radius 2 is 2.16 bits per heavy atom. The topological polar surface area (TPSA) is 53.3 Å². The lowest BCUT2D eigenvalue weighted by atomic mass is 9.97. The molecule has 0 aromatic heterocycles. The Morgan fingerprint density at radius 3 is 2.63 bits per heavy atom. The van der Waals surface area contributed by atoms with Crippen LogP contribution in [0.25, 0.3) is 0 Å². The third kappa shape index (κ3) is 4.96. The molecule has 0 bridgehead atoms. The van der Waals surface area contributed by atoms with E-state index < -0.39 is 13.0 Å². The molecule has 19 heavy (non-hydrogen) atoms. The van der Waals surface area contributed by atoms with Gasteiger partial charge in [-0.25, -0.2) is 8.78 Å². The zero-order valence-corrected chi connectivity index (χ0v) is 11.7. The van der Waals surface area contributed by atoms with E-state index in [9.17, 15) is 13.6 Å². The molecule has 0 atom stereocenters. The van der Waals surface area contributed by atoms with Crippen molar-refractivity contribution >= 4 is 17.7 Å². The maximum absolute atomic E-state index is 11.8. The van der Waals surface area contributed by atoms with Gasteiger partial charge in [0.1, 0.15) is 11.4 Å². The van der Waals surface area contributed by atoms with Gasteiger partial charge in [0.2, 0.25) is 5.91 Å². The normalized spacial score (nSPS) is 18.4. The van der Waals surface area contributed by atoms with E-state index in [0.717, 1.165) is 0 Å². The average molecular weight is 292 g/mol. The molecule has 0 saturated carbocycles. The lowest BCUT2D eigenvalue weighted by Gasteiger charge is -2.36. The molecule has 1 aliphatic heterocycles. The molecule has 0 aliphatic carbocycles. The van der Waals surface area contributed by atoms with Gasteiger partial charge >= 0.3 is 0 Å². The fourth-order valence-electron chi connectivity index (χ4n) is 1.97. The Labute approximate surface area is 116 Å². The van der Waals surface area contributed by atoms with Crippen molar-refractivity contribution < 1.29 is 18.3 Å². The molecule has 1 amide bonds. The molecule has 7 heteroatoms. The number of hydrogen-bond donors (Lipinski definition) is 0. The van der Waals surface area contributed by atoms with Crippen LogP contribution < -0.4 is 0 Å². The van der Waals surface area contributed by atoms with Gasteiger partial charge in [0, 0.05) is 13.1 Å². The second-order valence-corrected chi connectivity index (χ2v) is 5.60. The molecule has 0 unspecified atom stereocenters. The maximum atomic E-state index is 11.8. The molecule has 0 aromatic carbocycles. The summed E-state index contributed by atoms with van der Waals surface area (Å²) in [5.74, 6) is -0.0955. The summed E-state index contributed by atoms with van der Waals surface area (Å²) in [6.45, 7) is 0.479. The van der Waals surface area contributed by atoms with E-state index in [1.165, 1.54) is 11.8 Å². The molecule has 0 N–H and O–H groups in total. The molecular weight excluding hydrogens is 274 g/mol. The van der Waals surface area contributed by atoms with Gasteiger partial charge in [0.15, 0.2) is 0 Å². The number of carbonyl (C=O) groups excluding carboxylic acids is 1. The molecule has 0 spiro atoms. The fraction of sp³-hybridized carbons (Fsp3) is 0.833. The van der Waals surface area contributed by atoms with Gasteiger partial charge in [-0.2, -0.15) is 5.26 Å². The largest absolute Gasteiger partial charge is 0.375 e. The number of alkyl halides is 2. The van der Waals surface area contributed by atoms with Crippen LogP contribution in [0.4, 0.5) is 8.78 Å². The van der Waals surface area contributed by atoms with Gasteiger partial charge in [-0.3, -0.25) is 4.79 Å². The summed E-state index contributed by atoms with van der Waals surface area (Å²) in [5.41, 5.74) is 0. The Balaban J connectivity index is 2.27. The van der Waals surface area contributed by atoms with Crippen LogP contribution >= 0.6 is 11.8 Å². The van der Waals surface area contributed by atoms with Crippen LogP contribution in [-0.2, 0) is 9.53 Å². The molecule has 1 fully saturated rings. The number of nitriles is 1. The molecule has 1 saturated heterocycles. The number of likely N-dealkylation sites (tertiary alicyclic amines) is 1. The first-order valence-corrected chi connectivity index (χ1v) is 7.35. The van der Waals surface area contributed by atoms with Gasteiger partial charge in [-0.1, -0.05) is 0 Å². The van der Waals surface area contributed by atoms with Crippen molar-refractivity contribution in [2.24, 2.45) is 0 Å². The van der Waals surface area contributed by atoms with Gasteiger partial charge in [0.25, 0.3) is 6.43 Å². The van der Waals surface area contributed by atoms with Crippen molar-refractivity contribution in [2.75, 3.05) is 32.6 Å². The van der Waals surface area contributed by atoms with E-state index in [1.54, 1.807) is 4.90 Å². The predicted octanol–water partition coefficient (Wildman–Crippen LogP) is 1.91. The van der Waals surface area contributed by atoms with E-state index in [-0.39, 0.29) is 23.7 Å². The Morgan fingerprint density at radius 1 is 1.53 bits per heavy atom. The number of halogens is 2. The highest BCUT2D eigenvalue weighted by Gasteiger charge is 2.35. The van der Waals surface area contributed by atoms with Crippen LogP contribution in [0.1, 0.15) is 19.3 Å². The van der Waals surface area contributed by atoms with E-state index >= 15 is 0 Å². The van der Waals surface area contributed by atoms with Gasteiger partial charge in [0.05, 0.1) is 19.1 Å². The molecule has 0 aromatic rings. The molecule has 1 aliphatic rings. The van der Waals surface area contributed by atoms with E-state index in [2.05, 4.69) is 10.8 Å². The van der Waals surface area contributed by atoms with Gasteiger partial charge < -0.3 is 9.64 Å². The first-order chi connectivity index (χ1) is 9.03. The highest BCUT2D eigenvalue weighted by Crippen LogP contribution is 2.33. The second kappa shape index (κ2) is 7.65. The van der Waals surface area contributed by atoms with Gasteiger partial charge in [-0.05, 0) is 19.1 Å². The molecule has 108 valence electrons. The lowest BCUT2D eigenvalue weighted by Crippen LogP contribution is -2.44. The van der Waals surface area contributed by atoms with Crippen molar-refractivity contribution in [3.63, 3.8) is 0 Å². The molecule has 1 heterocycles. The number of carbonyl (C=O) groups is 1. The van der Waals surface area contributed by atoms with E-state index in [0.29, 0.717) is 25.9 Å². The first kappa shape index (κ1) is 16.2. The molecular formula is C12H18F2N2O2S. The third-order valence-corrected chi connectivity index (χ3v) is 4.50. The Hall–Kier alpha value is -0.870. The molecule has 4 nitrogen and oxygen atoms in total. The van der Waals surface area contributed by atoms with Crippen molar-refractivity contribution in [3.05, 3.63) is 0 Å². The summed E-state index contributed by atoms with van der Waals surface area (Å²) < 4.78 is 27.9. The fourth-order valence-corrected chi connectivity index (χ4v) is 2.65. The highest BCUT2D eigenvalue weighted by atomic mass is 32.2. The minimum atomic E-state index is -2.50. The number of ether oxygens (including phenoxy) is 1. The van der Waals surface area contributed by atoms with Crippen LogP contribution in [0.3, 0.4) is 0 Å².